The molecule has 0 bridgehead atoms. The molecule has 106 valence electrons. The van der Waals surface area contributed by atoms with E-state index in [-0.39, 0.29) is 0 Å². The Labute approximate surface area is 127 Å². The number of hydrogen-bond donors (Lipinski definition) is 1. The van der Waals surface area contributed by atoms with Gasteiger partial charge in [0.05, 0.1) is 10.7 Å². The lowest BCUT2D eigenvalue weighted by Crippen LogP contribution is -2.03. The van der Waals surface area contributed by atoms with Crippen molar-refractivity contribution < 1.29 is 0 Å². The van der Waals surface area contributed by atoms with Gasteiger partial charge in [-0.1, -0.05) is 23.7 Å². The Morgan fingerprint density at radius 2 is 1.95 bits per heavy atom. The number of nitrogens with two attached hydrogens (primary N) is 1. The van der Waals surface area contributed by atoms with Gasteiger partial charge in [0.1, 0.15) is 0 Å². The number of aromatic nitrogens is 4. The first-order valence-corrected chi connectivity index (χ1v) is 6.85. The molecule has 2 aromatic carbocycles. The fourth-order valence-corrected chi connectivity index (χ4v) is 2.65. The summed E-state index contributed by atoms with van der Waals surface area (Å²) in [6.45, 7) is 3.95. The molecule has 0 aliphatic rings. The average molecular weight is 300 g/mol. The van der Waals surface area contributed by atoms with Crippen LogP contribution in [0.1, 0.15) is 11.1 Å². The normalized spacial score (nSPS) is 10.8. The lowest BCUT2D eigenvalue weighted by atomic mass is 10.1. The van der Waals surface area contributed by atoms with Crippen LogP contribution in [0.5, 0.6) is 0 Å². The molecule has 0 saturated heterocycles. The zero-order chi connectivity index (χ0) is 15.0. The van der Waals surface area contributed by atoms with Crippen molar-refractivity contribution in [1.82, 2.24) is 20.2 Å². The quantitative estimate of drug-likeness (QED) is 0.738. The summed E-state index contributed by atoms with van der Waals surface area (Å²) in [5.74, 6) is 0.613. The molecule has 0 amide bonds. The molecule has 21 heavy (non-hydrogen) atoms. The Bertz CT molecular complexity index is 769. The van der Waals surface area contributed by atoms with Gasteiger partial charge in [-0.25, -0.2) is 0 Å². The minimum absolute atomic E-state index is 0.601. The molecular weight excluding hydrogens is 286 g/mol. The summed E-state index contributed by atoms with van der Waals surface area (Å²) in [7, 11) is 0. The van der Waals surface area contributed by atoms with Gasteiger partial charge in [-0.2, -0.15) is 4.68 Å². The number of halogens is 1. The van der Waals surface area contributed by atoms with Gasteiger partial charge in [-0.15, -0.1) is 5.10 Å². The molecule has 1 aromatic heterocycles. The number of aryl methyl sites for hydroxylation is 2. The number of tetrazole rings is 1. The second-order valence-electron chi connectivity index (χ2n) is 4.95. The van der Waals surface area contributed by atoms with Gasteiger partial charge in [0.15, 0.2) is 5.82 Å². The summed E-state index contributed by atoms with van der Waals surface area (Å²) >= 11 is 6.30. The SMILES string of the molecule is Cc1cc(N)cc(-c2nnnn2-c2c(C)cccc2Cl)c1. The predicted molar refractivity (Wildman–Crippen MR) is 83.5 cm³/mol. The van der Waals surface area contributed by atoms with Gasteiger partial charge >= 0.3 is 0 Å². The highest BCUT2D eigenvalue weighted by Crippen LogP contribution is 2.28. The van der Waals surface area contributed by atoms with Crippen molar-refractivity contribution in [2.24, 2.45) is 0 Å². The summed E-state index contributed by atoms with van der Waals surface area (Å²) in [4.78, 5) is 0. The van der Waals surface area contributed by atoms with Gasteiger partial charge in [0.2, 0.25) is 0 Å². The molecule has 0 aliphatic carbocycles. The molecule has 0 unspecified atom stereocenters. The molecule has 6 heteroatoms. The maximum absolute atomic E-state index is 6.30. The van der Waals surface area contributed by atoms with Gasteiger partial charge in [0.25, 0.3) is 0 Å². The van der Waals surface area contributed by atoms with Crippen LogP contribution in [-0.2, 0) is 0 Å². The summed E-state index contributed by atoms with van der Waals surface area (Å²) < 4.78 is 1.64. The highest BCUT2D eigenvalue weighted by molar-refractivity contribution is 6.32. The molecule has 1 heterocycles. The zero-order valence-electron chi connectivity index (χ0n) is 11.7. The summed E-state index contributed by atoms with van der Waals surface area (Å²) in [6.07, 6.45) is 0. The Balaban J connectivity index is 2.22. The van der Waals surface area contributed by atoms with Crippen LogP contribution in [0.3, 0.4) is 0 Å². The van der Waals surface area contributed by atoms with Gasteiger partial charge < -0.3 is 5.73 Å². The standard InChI is InChI=1S/C15H14ClN5/c1-9-6-11(8-12(17)7-9)15-18-19-20-21(15)14-10(2)4-3-5-13(14)16/h3-8H,17H2,1-2H3. The largest absolute Gasteiger partial charge is 0.399 e. The monoisotopic (exact) mass is 299 g/mol. The molecule has 3 rings (SSSR count). The molecule has 3 aromatic rings. The van der Waals surface area contributed by atoms with Crippen LogP contribution in [-0.4, -0.2) is 20.2 Å². The van der Waals surface area contributed by atoms with Crippen molar-refractivity contribution >= 4 is 17.3 Å². The predicted octanol–water partition coefficient (Wildman–Crippen LogP) is 3.18. The topological polar surface area (TPSA) is 69.6 Å². The zero-order valence-corrected chi connectivity index (χ0v) is 12.5. The van der Waals surface area contributed by atoms with E-state index in [1.807, 2.05) is 50.2 Å². The van der Waals surface area contributed by atoms with E-state index in [1.54, 1.807) is 4.68 Å². The van der Waals surface area contributed by atoms with Gasteiger partial charge in [-0.3, -0.25) is 0 Å². The van der Waals surface area contributed by atoms with E-state index < -0.39 is 0 Å². The van der Waals surface area contributed by atoms with Crippen molar-refractivity contribution in [2.75, 3.05) is 5.73 Å². The van der Waals surface area contributed by atoms with Crippen molar-refractivity contribution in [3.8, 4) is 17.1 Å². The van der Waals surface area contributed by atoms with Gasteiger partial charge in [-0.05, 0) is 59.7 Å². The molecule has 0 radical (unpaired) electrons. The first kappa shape index (κ1) is 13.6. The van der Waals surface area contributed by atoms with Gasteiger partial charge in [0, 0.05) is 11.3 Å². The highest BCUT2D eigenvalue weighted by Gasteiger charge is 2.15. The van der Waals surface area contributed by atoms with Crippen LogP contribution in [0.4, 0.5) is 5.69 Å². The summed E-state index contributed by atoms with van der Waals surface area (Å²) in [5.41, 5.74) is 10.3. The van der Waals surface area contributed by atoms with Crippen LogP contribution in [0.25, 0.3) is 17.1 Å². The van der Waals surface area contributed by atoms with Crippen molar-refractivity contribution in [3.63, 3.8) is 0 Å². The van der Waals surface area contributed by atoms with E-state index in [2.05, 4.69) is 15.5 Å². The number of nitrogens with zero attached hydrogens (tertiary/aromatic N) is 4. The molecule has 0 saturated carbocycles. The number of hydrogen-bond acceptors (Lipinski definition) is 4. The first-order chi connectivity index (χ1) is 10.1. The number of rotatable bonds is 2. The van der Waals surface area contributed by atoms with Crippen LogP contribution in [0.2, 0.25) is 5.02 Å². The lowest BCUT2D eigenvalue weighted by molar-refractivity contribution is 0.787. The summed E-state index contributed by atoms with van der Waals surface area (Å²) in [6, 6.07) is 11.4. The van der Waals surface area contributed by atoms with Crippen molar-refractivity contribution in [1.29, 1.82) is 0 Å². The average Bonchev–Trinajstić information content (AvgIpc) is 2.86. The van der Waals surface area contributed by atoms with E-state index in [0.717, 1.165) is 22.4 Å². The second-order valence-corrected chi connectivity index (χ2v) is 5.36. The van der Waals surface area contributed by atoms with Crippen LogP contribution >= 0.6 is 11.6 Å². The highest BCUT2D eigenvalue weighted by atomic mass is 35.5. The number of nitrogen functional groups attached to an aromatic ring is 1. The number of anilines is 1. The first-order valence-electron chi connectivity index (χ1n) is 6.47. The number of para-hydroxylation sites is 1. The molecule has 0 atom stereocenters. The third-order valence-electron chi connectivity index (χ3n) is 3.23. The molecule has 0 spiro atoms. The molecule has 5 nitrogen and oxygen atoms in total. The third kappa shape index (κ3) is 2.48. The minimum atomic E-state index is 0.601. The smallest absolute Gasteiger partial charge is 0.187 e. The summed E-state index contributed by atoms with van der Waals surface area (Å²) in [5, 5.41) is 12.6. The Morgan fingerprint density at radius 1 is 1.14 bits per heavy atom. The van der Waals surface area contributed by atoms with E-state index in [4.69, 9.17) is 17.3 Å². The second kappa shape index (κ2) is 5.18. The van der Waals surface area contributed by atoms with Crippen LogP contribution in [0.15, 0.2) is 36.4 Å². The maximum Gasteiger partial charge on any atom is 0.187 e. The van der Waals surface area contributed by atoms with Crippen LogP contribution < -0.4 is 5.73 Å². The van der Waals surface area contributed by atoms with E-state index in [9.17, 15) is 0 Å². The van der Waals surface area contributed by atoms with Crippen LogP contribution in [0, 0.1) is 13.8 Å². The van der Waals surface area contributed by atoms with Crippen molar-refractivity contribution in [3.05, 3.63) is 52.5 Å². The van der Waals surface area contributed by atoms with Crippen molar-refractivity contribution in [2.45, 2.75) is 13.8 Å². The molecule has 2 N–H and O–H groups in total. The fourth-order valence-electron chi connectivity index (χ4n) is 2.35. The number of benzene rings is 2. The van der Waals surface area contributed by atoms with E-state index >= 15 is 0 Å². The third-order valence-corrected chi connectivity index (χ3v) is 3.53. The Morgan fingerprint density at radius 3 is 2.67 bits per heavy atom. The molecule has 0 fully saturated rings. The molecule has 0 aliphatic heterocycles. The maximum atomic E-state index is 6.30. The molecular formula is C15H14ClN5. The Hall–Kier alpha value is -2.40. The lowest BCUT2D eigenvalue weighted by Gasteiger charge is -2.10. The Kier molecular flexibility index (Phi) is 3.35. The van der Waals surface area contributed by atoms with E-state index in [0.29, 0.717) is 16.5 Å². The minimum Gasteiger partial charge on any atom is -0.399 e. The van der Waals surface area contributed by atoms with E-state index in [1.165, 1.54) is 0 Å². The fraction of sp³-hybridized carbons (Fsp3) is 0.133.